The second-order valence-electron chi connectivity index (χ2n) is 4.59. The average molecular weight is 271 g/mol. The van der Waals surface area contributed by atoms with Gasteiger partial charge in [0.25, 0.3) is 11.5 Å². The van der Waals surface area contributed by atoms with Gasteiger partial charge in [-0.25, -0.2) is 0 Å². The Bertz CT molecular complexity index is 635. The molecule has 0 aliphatic rings. The van der Waals surface area contributed by atoms with Crippen LogP contribution in [0.3, 0.4) is 0 Å². The van der Waals surface area contributed by atoms with E-state index in [0.717, 1.165) is 5.56 Å². The minimum atomic E-state index is -0.144. The van der Waals surface area contributed by atoms with E-state index in [4.69, 9.17) is 0 Å². The number of nitrogens with zero attached hydrogens (tertiary/aromatic N) is 2. The highest BCUT2D eigenvalue weighted by Crippen LogP contribution is 1.96. The third-order valence-corrected chi connectivity index (χ3v) is 2.94. The predicted molar refractivity (Wildman–Crippen MR) is 76.6 cm³/mol. The van der Waals surface area contributed by atoms with Crippen LogP contribution in [-0.4, -0.2) is 22.0 Å². The molecule has 2 aromatic heterocycles. The van der Waals surface area contributed by atoms with E-state index < -0.39 is 0 Å². The van der Waals surface area contributed by atoms with Crippen molar-refractivity contribution < 1.29 is 4.79 Å². The zero-order valence-electron chi connectivity index (χ0n) is 11.4. The Morgan fingerprint density at radius 1 is 1.40 bits per heavy atom. The highest BCUT2D eigenvalue weighted by atomic mass is 16.1. The van der Waals surface area contributed by atoms with Crippen LogP contribution in [0.2, 0.25) is 0 Å². The van der Waals surface area contributed by atoms with Gasteiger partial charge in [-0.15, -0.1) is 0 Å². The monoisotopic (exact) mass is 271 g/mol. The molecule has 0 aliphatic carbocycles. The van der Waals surface area contributed by atoms with Crippen LogP contribution in [0.15, 0.2) is 47.7 Å². The number of nitrogens with one attached hydrogen (secondary N) is 1. The lowest BCUT2D eigenvalue weighted by Crippen LogP contribution is -2.27. The summed E-state index contributed by atoms with van der Waals surface area (Å²) >= 11 is 0. The number of hydrogen-bond donors (Lipinski definition) is 1. The van der Waals surface area contributed by atoms with Crippen LogP contribution < -0.4 is 10.9 Å². The van der Waals surface area contributed by atoms with Crippen molar-refractivity contribution in [2.24, 2.45) is 0 Å². The van der Waals surface area contributed by atoms with E-state index in [1.165, 1.54) is 6.20 Å². The fraction of sp³-hybridized carbons (Fsp3) is 0.267. The summed E-state index contributed by atoms with van der Waals surface area (Å²) < 4.78 is 1.64. The standard InChI is InChI=1S/C15H17N3O2/c1-12-5-9-18(14(19)10-12)8-3-7-17-15(20)13-4-2-6-16-11-13/h2,4-6,9-11H,3,7-8H2,1H3,(H,17,20). The number of hydrogen-bond acceptors (Lipinski definition) is 3. The molecular weight excluding hydrogens is 254 g/mol. The molecule has 0 aromatic carbocycles. The first-order chi connectivity index (χ1) is 9.66. The average Bonchev–Trinajstić information content (AvgIpc) is 2.46. The number of aromatic nitrogens is 2. The van der Waals surface area contributed by atoms with Gasteiger partial charge in [0.1, 0.15) is 0 Å². The SMILES string of the molecule is Cc1ccn(CCCNC(=O)c2cccnc2)c(=O)c1. The Kier molecular flexibility index (Phi) is 4.65. The fourth-order valence-corrected chi connectivity index (χ4v) is 1.84. The maximum absolute atomic E-state index is 11.7. The van der Waals surface area contributed by atoms with Gasteiger partial charge in [-0.3, -0.25) is 14.6 Å². The topological polar surface area (TPSA) is 64.0 Å². The molecule has 0 atom stereocenters. The highest BCUT2D eigenvalue weighted by Gasteiger charge is 2.03. The molecule has 1 amide bonds. The van der Waals surface area contributed by atoms with Gasteiger partial charge in [0.15, 0.2) is 0 Å². The third-order valence-electron chi connectivity index (χ3n) is 2.94. The van der Waals surface area contributed by atoms with Crippen molar-refractivity contribution in [3.05, 3.63) is 64.3 Å². The number of amides is 1. The van der Waals surface area contributed by atoms with Crippen LogP contribution in [-0.2, 0) is 6.54 Å². The van der Waals surface area contributed by atoms with Crippen molar-refractivity contribution >= 4 is 5.91 Å². The van der Waals surface area contributed by atoms with E-state index in [1.54, 1.807) is 35.2 Å². The first-order valence-electron chi connectivity index (χ1n) is 6.52. The van der Waals surface area contributed by atoms with Gasteiger partial charge in [-0.1, -0.05) is 0 Å². The summed E-state index contributed by atoms with van der Waals surface area (Å²) in [5.74, 6) is -0.144. The summed E-state index contributed by atoms with van der Waals surface area (Å²) in [7, 11) is 0. The normalized spacial score (nSPS) is 10.2. The van der Waals surface area contributed by atoms with Crippen molar-refractivity contribution in [2.75, 3.05) is 6.54 Å². The summed E-state index contributed by atoms with van der Waals surface area (Å²) in [6.07, 6.45) is 5.63. The molecule has 0 saturated carbocycles. The minimum Gasteiger partial charge on any atom is -0.352 e. The second kappa shape index (κ2) is 6.65. The van der Waals surface area contributed by atoms with Gasteiger partial charge in [0, 0.05) is 37.7 Å². The largest absolute Gasteiger partial charge is 0.352 e. The van der Waals surface area contributed by atoms with E-state index >= 15 is 0 Å². The van der Waals surface area contributed by atoms with Crippen molar-refractivity contribution in [1.29, 1.82) is 0 Å². The fourth-order valence-electron chi connectivity index (χ4n) is 1.84. The molecule has 0 radical (unpaired) electrons. The second-order valence-corrected chi connectivity index (χ2v) is 4.59. The molecule has 0 spiro atoms. The Hall–Kier alpha value is -2.43. The van der Waals surface area contributed by atoms with Gasteiger partial charge < -0.3 is 9.88 Å². The summed E-state index contributed by atoms with van der Waals surface area (Å²) in [6, 6.07) is 6.94. The van der Waals surface area contributed by atoms with Crippen molar-refractivity contribution in [1.82, 2.24) is 14.9 Å². The number of aryl methyl sites for hydroxylation is 2. The quantitative estimate of drug-likeness (QED) is 0.835. The molecule has 5 heteroatoms. The van der Waals surface area contributed by atoms with Gasteiger partial charge in [-0.05, 0) is 37.1 Å². The minimum absolute atomic E-state index is 0.0106. The van der Waals surface area contributed by atoms with E-state index in [-0.39, 0.29) is 11.5 Å². The molecule has 0 saturated heterocycles. The smallest absolute Gasteiger partial charge is 0.252 e. The lowest BCUT2D eigenvalue weighted by atomic mass is 10.2. The summed E-state index contributed by atoms with van der Waals surface area (Å²) in [4.78, 5) is 27.3. The lowest BCUT2D eigenvalue weighted by Gasteiger charge is -2.07. The van der Waals surface area contributed by atoms with Gasteiger partial charge >= 0.3 is 0 Å². The molecule has 0 unspecified atom stereocenters. The molecule has 0 fully saturated rings. The zero-order valence-corrected chi connectivity index (χ0v) is 11.4. The summed E-state index contributed by atoms with van der Waals surface area (Å²) in [5.41, 5.74) is 1.49. The Morgan fingerprint density at radius 2 is 2.25 bits per heavy atom. The van der Waals surface area contributed by atoms with Crippen LogP contribution in [0.5, 0.6) is 0 Å². The summed E-state index contributed by atoms with van der Waals surface area (Å²) in [5, 5.41) is 2.81. The van der Waals surface area contributed by atoms with E-state index in [0.29, 0.717) is 25.1 Å². The van der Waals surface area contributed by atoms with Crippen molar-refractivity contribution in [3.63, 3.8) is 0 Å². The molecule has 20 heavy (non-hydrogen) atoms. The molecule has 104 valence electrons. The Balaban J connectivity index is 1.79. The van der Waals surface area contributed by atoms with Crippen LogP contribution >= 0.6 is 0 Å². The van der Waals surface area contributed by atoms with Crippen LogP contribution in [0.25, 0.3) is 0 Å². The Labute approximate surface area is 117 Å². The Morgan fingerprint density at radius 3 is 2.95 bits per heavy atom. The molecule has 2 aromatic rings. The highest BCUT2D eigenvalue weighted by molar-refractivity contribution is 5.93. The lowest BCUT2D eigenvalue weighted by molar-refractivity contribution is 0.0952. The predicted octanol–water partition coefficient (Wildman–Crippen LogP) is 1.37. The third kappa shape index (κ3) is 3.78. The molecule has 5 nitrogen and oxygen atoms in total. The zero-order chi connectivity index (χ0) is 14.4. The van der Waals surface area contributed by atoms with Crippen LogP contribution in [0.4, 0.5) is 0 Å². The molecule has 0 bridgehead atoms. The molecule has 2 heterocycles. The van der Waals surface area contributed by atoms with Crippen LogP contribution in [0.1, 0.15) is 22.3 Å². The maximum atomic E-state index is 11.7. The van der Waals surface area contributed by atoms with Gasteiger partial charge in [0.05, 0.1) is 5.56 Å². The molecule has 2 rings (SSSR count). The summed E-state index contributed by atoms with van der Waals surface area (Å²) in [6.45, 7) is 3.00. The number of rotatable bonds is 5. The van der Waals surface area contributed by atoms with Gasteiger partial charge in [0.2, 0.25) is 0 Å². The molecule has 0 aliphatic heterocycles. The number of carbonyl (C=O) groups is 1. The number of carbonyl (C=O) groups excluding carboxylic acids is 1. The first-order valence-corrected chi connectivity index (χ1v) is 6.52. The maximum Gasteiger partial charge on any atom is 0.252 e. The number of pyridine rings is 2. The molecule has 1 N–H and O–H groups in total. The first kappa shape index (κ1) is 14.0. The van der Waals surface area contributed by atoms with Gasteiger partial charge in [-0.2, -0.15) is 0 Å². The van der Waals surface area contributed by atoms with E-state index in [2.05, 4.69) is 10.3 Å². The molecular formula is C15H17N3O2. The van der Waals surface area contributed by atoms with E-state index in [1.807, 2.05) is 13.0 Å². The van der Waals surface area contributed by atoms with Crippen molar-refractivity contribution in [2.45, 2.75) is 19.9 Å². The van der Waals surface area contributed by atoms with Crippen LogP contribution in [0, 0.1) is 6.92 Å². The van der Waals surface area contributed by atoms with E-state index in [9.17, 15) is 9.59 Å². The van der Waals surface area contributed by atoms with Crippen molar-refractivity contribution in [3.8, 4) is 0 Å².